The first kappa shape index (κ1) is 21.0. The smallest absolute Gasteiger partial charge is 0.223 e. The molecule has 0 amide bonds. The summed E-state index contributed by atoms with van der Waals surface area (Å²) in [5, 5.41) is 3.50. The van der Waals surface area contributed by atoms with Crippen LogP contribution in [0.25, 0.3) is 28.3 Å². The Morgan fingerprint density at radius 3 is 2.53 bits per heavy atom. The highest BCUT2D eigenvalue weighted by Crippen LogP contribution is 2.34. The van der Waals surface area contributed by atoms with Crippen molar-refractivity contribution in [1.82, 2.24) is 19.4 Å². The van der Waals surface area contributed by atoms with Crippen molar-refractivity contribution in [3.05, 3.63) is 60.7 Å². The second kappa shape index (κ2) is 9.02. The molecule has 0 radical (unpaired) electrons. The third-order valence-corrected chi connectivity index (χ3v) is 6.68. The highest BCUT2D eigenvalue weighted by atomic mass is 19.1. The van der Waals surface area contributed by atoms with Crippen LogP contribution in [0.2, 0.25) is 0 Å². The number of rotatable bonds is 5. The van der Waals surface area contributed by atoms with Gasteiger partial charge in [0.2, 0.25) is 5.95 Å². The number of halogens is 1. The van der Waals surface area contributed by atoms with Crippen molar-refractivity contribution in [3.8, 4) is 22.6 Å². The van der Waals surface area contributed by atoms with Crippen molar-refractivity contribution in [2.75, 3.05) is 36.5 Å². The number of pyridine rings is 1. The van der Waals surface area contributed by atoms with Crippen LogP contribution in [0.4, 0.5) is 16.0 Å². The van der Waals surface area contributed by atoms with Crippen LogP contribution in [0.15, 0.2) is 54.9 Å². The van der Waals surface area contributed by atoms with Gasteiger partial charge in [0.05, 0.1) is 36.0 Å². The molecule has 1 saturated carbocycles. The SMILES string of the molecule is Fc1ccc(-c2nc3ccc(N4CCOCC4)cn3c2-c2ccnc(NC3CCCC3)n2)cc1. The first-order valence-electron chi connectivity index (χ1n) is 12.0. The largest absolute Gasteiger partial charge is 0.378 e. The Bertz CT molecular complexity index is 1290. The van der Waals surface area contributed by atoms with E-state index in [1.54, 1.807) is 18.3 Å². The van der Waals surface area contributed by atoms with E-state index in [0.717, 1.165) is 73.1 Å². The molecule has 3 aromatic heterocycles. The molecule has 0 unspecified atom stereocenters. The summed E-state index contributed by atoms with van der Waals surface area (Å²) in [5.41, 5.74) is 5.19. The lowest BCUT2D eigenvalue weighted by atomic mass is 10.1. The van der Waals surface area contributed by atoms with Gasteiger partial charge in [-0.05, 0) is 55.3 Å². The minimum atomic E-state index is -0.270. The van der Waals surface area contributed by atoms with Crippen LogP contribution >= 0.6 is 0 Å². The van der Waals surface area contributed by atoms with Gasteiger partial charge in [-0.2, -0.15) is 0 Å². The van der Waals surface area contributed by atoms with E-state index in [4.69, 9.17) is 14.7 Å². The fraction of sp³-hybridized carbons (Fsp3) is 0.346. The topological polar surface area (TPSA) is 67.6 Å². The molecule has 2 fully saturated rings. The van der Waals surface area contributed by atoms with Crippen molar-refractivity contribution in [1.29, 1.82) is 0 Å². The van der Waals surface area contributed by atoms with E-state index in [1.165, 1.54) is 25.0 Å². The van der Waals surface area contributed by atoms with Crippen LogP contribution in [0, 0.1) is 5.82 Å². The monoisotopic (exact) mass is 458 g/mol. The van der Waals surface area contributed by atoms with E-state index in [2.05, 4.69) is 31.9 Å². The minimum Gasteiger partial charge on any atom is -0.378 e. The predicted octanol–water partition coefficient (Wildman–Crippen LogP) is 4.79. The normalized spacial score (nSPS) is 16.9. The standard InChI is InChI=1S/C26H27FN6O/c27-19-7-5-18(6-8-19)24-25(22-11-12-28-26(30-22)29-20-3-1-2-4-20)33-17-21(9-10-23(33)31-24)32-13-15-34-16-14-32/h5-12,17,20H,1-4,13-16H2,(H,28,29,30). The van der Waals surface area contributed by atoms with Gasteiger partial charge in [-0.3, -0.25) is 4.40 Å². The fourth-order valence-corrected chi connectivity index (χ4v) is 4.91. The number of aromatic nitrogens is 4. The van der Waals surface area contributed by atoms with E-state index >= 15 is 0 Å². The Labute approximate surface area is 197 Å². The van der Waals surface area contributed by atoms with Gasteiger partial charge in [-0.1, -0.05) is 12.8 Å². The Balaban J connectivity index is 1.48. The zero-order valence-corrected chi connectivity index (χ0v) is 19.0. The Kier molecular flexibility index (Phi) is 5.58. The zero-order chi connectivity index (χ0) is 22.9. The number of morpholine rings is 1. The van der Waals surface area contributed by atoms with Gasteiger partial charge >= 0.3 is 0 Å². The van der Waals surface area contributed by atoms with E-state index in [9.17, 15) is 4.39 Å². The number of fused-ring (bicyclic) bond motifs is 1. The third kappa shape index (κ3) is 4.09. The molecule has 4 aromatic rings. The van der Waals surface area contributed by atoms with Crippen LogP contribution in [0.1, 0.15) is 25.7 Å². The van der Waals surface area contributed by atoms with Gasteiger partial charge in [-0.15, -0.1) is 0 Å². The molecule has 0 bridgehead atoms. The molecule has 4 heterocycles. The number of hydrogen-bond acceptors (Lipinski definition) is 6. The summed E-state index contributed by atoms with van der Waals surface area (Å²) in [4.78, 5) is 16.6. The molecule has 0 atom stereocenters. The fourth-order valence-electron chi connectivity index (χ4n) is 4.91. The van der Waals surface area contributed by atoms with Gasteiger partial charge in [0, 0.05) is 37.1 Å². The van der Waals surface area contributed by atoms with Crippen LogP contribution in [-0.4, -0.2) is 51.7 Å². The molecule has 6 rings (SSSR count). The first-order valence-corrected chi connectivity index (χ1v) is 12.0. The quantitative estimate of drug-likeness (QED) is 0.464. The van der Waals surface area contributed by atoms with Crippen molar-refractivity contribution in [2.24, 2.45) is 0 Å². The molecular formula is C26H27FN6O. The van der Waals surface area contributed by atoms with E-state index in [0.29, 0.717) is 12.0 Å². The van der Waals surface area contributed by atoms with Crippen molar-refractivity contribution >= 4 is 17.3 Å². The summed E-state index contributed by atoms with van der Waals surface area (Å²) in [7, 11) is 0. The number of ether oxygens (including phenoxy) is 1. The average Bonchev–Trinajstić information content (AvgIpc) is 3.52. The van der Waals surface area contributed by atoms with E-state index in [1.807, 2.05) is 12.1 Å². The second-order valence-corrected chi connectivity index (χ2v) is 8.92. The second-order valence-electron chi connectivity index (χ2n) is 8.92. The number of nitrogens with zero attached hydrogens (tertiary/aromatic N) is 5. The van der Waals surface area contributed by atoms with Gasteiger partial charge < -0.3 is 15.0 Å². The molecule has 1 aromatic carbocycles. The van der Waals surface area contributed by atoms with Gasteiger partial charge in [0.1, 0.15) is 11.5 Å². The van der Waals surface area contributed by atoms with Crippen molar-refractivity contribution in [3.63, 3.8) is 0 Å². The molecular weight excluding hydrogens is 431 g/mol. The molecule has 1 N–H and O–H groups in total. The number of hydrogen-bond donors (Lipinski definition) is 1. The van der Waals surface area contributed by atoms with Crippen LogP contribution in [0.3, 0.4) is 0 Å². The Morgan fingerprint density at radius 1 is 0.941 bits per heavy atom. The summed E-state index contributed by atoms with van der Waals surface area (Å²) in [6.07, 6.45) is 8.68. The Morgan fingerprint density at radius 2 is 1.74 bits per heavy atom. The number of benzene rings is 1. The maximum Gasteiger partial charge on any atom is 0.223 e. The molecule has 1 aliphatic carbocycles. The van der Waals surface area contributed by atoms with Gasteiger partial charge in [0.15, 0.2) is 0 Å². The molecule has 2 aliphatic rings. The van der Waals surface area contributed by atoms with Crippen LogP contribution in [0.5, 0.6) is 0 Å². The molecule has 1 saturated heterocycles. The molecule has 8 heteroatoms. The van der Waals surface area contributed by atoms with Crippen LogP contribution in [-0.2, 0) is 4.74 Å². The van der Waals surface area contributed by atoms with E-state index < -0.39 is 0 Å². The number of imidazole rings is 1. The summed E-state index contributed by atoms with van der Waals surface area (Å²) in [6, 6.07) is 12.9. The van der Waals surface area contributed by atoms with Crippen molar-refractivity contribution in [2.45, 2.75) is 31.7 Å². The predicted molar refractivity (Wildman–Crippen MR) is 131 cm³/mol. The van der Waals surface area contributed by atoms with Gasteiger partial charge in [0.25, 0.3) is 0 Å². The summed E-state index contributed by atoms with van der Waals surface area (Å²) < 4.78 is 21.3. The zero-order valence-electron chi connectivity index (χ0n) is 19.0. The van der Waals surface area contributed by atoms with Crippen LogP contribution < -0.4 is 10.2 Å². The maximum atomic E-state index is 13.7. The number of anilines is 2. The average molecular weight is 459 g/mol. The molecule has 174 valence electrons. The minimum absolute atomic E-state index is 0.270. The Hall–Kier alpha value is -3.52. The van der Waals surface area contributed by atoms with E-state index in [-0.39, 0.29) is 5.82 Å². The first-order chi connectivity index (χ1) is 16.7. The molecule has 34 heavy (non-hydrogen) atoms. The lowest BCUT2D eigenvalue weighted by Gasteiger charge is -2.28. The maximum absolute atomic E-state index is 13.7. The lowest BCUT2D eigenvalue weighted by Crippen LogP contribution is -2.36. The highest BCUT2D eigenvalue weighted by molar-refractivity contribution is 5.81. The number of nitrogens with one attached hydrogen (secondary N) is 1. The molecule has 1 aliphatic heterocycles. The summed E-state index contributed by atoms with van der Waals surface area (Å²) in [5.74, 6) is 0.363. The summed E-state index contributed by atoms with van der Waals surface area (Å²) in [6.45, 7) is 3.14. The summed E-state index contributed by atoms with van der Waals surface area (Å²) >= 11 is 0. The molecule has 0 spiro atoms. The van der Waals surface area contributed by atoms with Crippen molar-refractivity contribution < 1.29 is 9.13 Å². The third-order valence-electron chi connectivity index (χ3n) is 6.68. The molecule has 7 nitrogen and oxygen atoms in total. The highest BCUT2D eigenvalue weighted by Gasteiger charge is 2.21. The lowest BCUT2D eigenvalue weighted by molar-refractivity contribution is 0.122. The van der Waals surface area contributed by atoms with Gasteiger partial charge in [-0.25, -0.2) is 19.3 Å².